The second-order valence-electron chi connectivity index (χ2n) is 3.82. The summed E-state index contributed by atoms with van der Waals surface area (Å²) in [7, 11) is 0. The number of hydrogen-bond donors (Lipinski definition) is 4. The molecule has 0 spiro atoms. The minimum atomic E-state index is -1.10. The molecule has 1 aromatic rings. The van der Waals surface area contributed by atoms with E-state index in [1.54, 1.807) is 6.92 Å². The molecular weight excluding hydrogens is 224 g/mol. The van der Waals surface area contributed by atoms with Gasteiger partial charge in [0.1, 0.15) is 5.56 Å². The summed E-state index contributed by atoms with van der Waals surface area (Å²) in [6.45, 7) is 0.939. The number of carbonyl (C=O) groups is 1. The van der Waals surface area contributed by atoms with Gasteiger partial charge in [-0.2, -0.15) is 0 Å². The Morgan fingerprint density at radius 1 is 1.47 bits per heavy atom. The van der Waals surface area contributed by atoms with Crippen LogP contribution in [0.3, 0.4) is 0 Å². The highest BCUT2D eigenvalue weighted by atomic mass is 16.3. The van der Waals surface area contributed by atoms with E-state index in [0.717, 1.165) is 0 Å². The normalized spacial score (nSPS) is 11.2. The van der Waals surface area contributed by atoms with Crippen LogP contribution in [-0.2, 0) is 0 Å². The number of aromatic nitrogens is 1. The van der Waals surface area contributed by atoms with E-state index in [4.69, 9.17) is 0 Å². The maximum absolute atomic E-state index is 11.8. The molecule has 0 fully saturated rings. The van der Waals surface area contributed by atoms with Crippen LogP contribution in [0.2, 0.25) is 0 Å². The Hall–Kier alpha value is -1.66. The van der Waals surface area contributed by atoms with Gasteiger partial charge in [-0.15, -0.1) is 0 Å². The van der Waals surface area contributed by atoms with Gasteiger partial charge in [0.15, 0.2) is 0 Å². The fourth-order valence-corrected chi connectivity index (χ4v) is 1.35. The fraction of sp³-hybridized carbons (Fsp3) is 0.455. The van der Waals surface area contributed by atoms with Crippen molar-refractivity contribution >= 4 is 5.91 Å². The first kappa shape index (κ1) is 13.4. The third-order valence-electron chi connectivity index (χ3n) is 2.72. The second kappa shape index (κ2) is 5.60. The molecule has 6 heteroatoms. The summed E-state index contributed by atoms with van der Waals surface area (Å²) >= 11 is 0. The van der Waals surface area contributed by atoms with Crippen LogP contribution in [0.25, 0.3) is 0 Å². The number of amides is 1. The molecule has 0 aliphatic rings. The van der Waals surface area contributed by atoms with E-state index in [0.29, 0.717) is 6.42 Å². The molecule has 0 unspecified atom stereocenters. The van der Waals surface area contributed by atoms with E-state index in [1.165, 1.54) is 18.3 Å². The van der Waals surface area contributed by atoms with Gasteiger partial charge in [-0.3, -0.25) is 9.59 Å². The van der Waals surface area contributed by atoms with E-state index in [-0.39, 0.29) is 5.56 Å². The number of H-pyrrole nitrogens is 1. The van der Waals surface area contributed by atoms with Crippen LogP contribution in [0.5, 0.6) is 0 Å². The van der Waals surface area contributed by atoms with E-state index in [2.05, 4.69) is 10.3 Å². The Bertz CT molecular complexity index is 429. The number of rotatable bonds is 5. The minimum Gasteiger partial charge on any atom is -0.394 e. The van der Waals surface area contributed by atoms with Crippen molar-refractivity contribution in [1.29, 1.82) is 0 Å². The van der Waals surface area contributed by atoms with Crippen LogP contribution < -0.4 is 10.9 Å². The zero-order chi connectivity index (χ0) is 12.9. The summed E-state index contributed by atoms with van der Waals surface area (Å²) in [5.41, 5.74) is -1.66. The van der Waals surface area contributed by atoms with Crippen LogP contribution in [0.1, 0.15) is 23.7 Å². The molecule has 0 bridgehead atoms. The molecule has 1 heterocycles. The van der Waals surface area contributed by atoms with Gasteiger partial charge in [-0.1, -0.05) is 6.92 Å². The van der Waals surface area contributed by atoms with E-state index in [9.17, 15) is 19.8 Å². The lowest BCUT2D eigenvalue weighted by atomic mass is 9.98. The number of pyridine rings is 1. The van der Waals surface area contributed by atoms with Gasteiger partial charge >= 0.3 is 0 Å². The average Bonchev–Trinajstić information content (AvgIpc) is 2.36. The molecule has 1 aromatic heterocycles. The Morgan fingerprint density at radius 2 is 2.12 bits per heavy atom. The molecule has 94 valence electrons. The van der Waals surface area contributed by atoms with Gasteiger partial charge < -0.3 is 20.5 Å². The van der Waals surface area contributed by atoms with Crippen molar-refractivity contribution in [3.63, 3.8) is 0 Å². The number of hydrogen-bond acceptors (Lipinski definition) is 4. The van der Waals surface area contributed by atoms with Gasteiger partial charge in [0.2, 0.25) is 0 Å². The molecule has 0 saturated carbocycles. The van der Waals surface area contributed by atoms with Crippen molar-refractivity contribution in [3.05, 3.63) is 34.2 Å². The van der Waals surface area contributed by atoms with Gasteiger partial charge in [-0.05, 0) is 18.6 Å². The predicted molar refractivity (Wildman–Crippen MR) is 61.7 cm³/mol. The van der Waals surface area contributed by atoms with Crippen LogP contribution in [0, 0.1) is 0 Å². The Morgan fingerprint density at radius 3 is 2.59 bits per heavy atom. The lowest BCUT2D eigenvalue weighted by Crippen LogP contribution is -2.54. The molecule has 0 aromatic carbocycles. The maximum atomic E-state index is 11.8. The molecule has 6 nitrogen and oxygen atoms in total. The molecular formula is C11H16N2O4. The van der Waals surface area contributed by atoms with E-state index < -0.39 is 30.2 Å². The zero-order valence-electron chi connectivity index (χ0n) is 9.56. The quantitative estimate of drug-likeness (QED) is 0.543. The van der Waals surface area contributed by atoms with Gasteiger partial charge in [-0.25, -0.2) is 0 Å². The molecule has 0 radical (unpaired) electrons. The number of aliphatic hydroxyl groups excluding tert-OH is 2. The van der Waals surface area contributed by atoms with Crippen molar-refractivity contribution in [1.82, 2.24) is 10.3 Å². The molecule has 0 aliphatic carbocycles. The monoisotopic (exact) mass is 240 g/mol. The SMILES string of the molecule is CCC(CO)(CO)NC(=O)c1ccc[nH]c1=O. The second-order valence-corrected chi connectivity index (χ2v) is 3.82. The highest BCUT2D eigenvalue weighted by Gasteiger charge is 2.29. The van der Waals surface area contributed by atoms with Crippen LogP contribution in [0.4, 0.5) is 0 Å². The third kappa shape index (κ3) is 2.92. The number of aromatic amines is 1. The van der Waals surface area contributed by atoms with E-state index in [1.807, 2.05) is 0 Å². The van der Waals surface area contributed by atoms with Gasteiger partial charge in [0.05, 0.1) is 18.8 Å². The first-order chi connectivity index (χ1) is 8.08. The zero-order valence-corrected chi connectivity index (χ0v) is 9.56. The van der Waals surface area contributed by atoms with Crippen molar-refractivity contribution in [2.75, 3.05) is 13.2 Å². The maximum Gasteiger partial charge on any atom is 0.260 e. The molecule has 0 aliphatic heterocycles. The van der Waals surface area contributed by atoms with Crippen molar-refractivity contribution < 1.29 is 15.0 Å². The first-order valence-electron chi connectivity index (χ1n) is 5.30. The topological polar surface area (TPSA) is 102 Å². The predicted octanol–water partition coefficient (Wildman–Crippen LogP) is -0.762. The number of carbonyl (C=O) groups excluding carboxylic acids is 1. The highest BCUT2D eigenvalue weighted by Crippen LogP contribution is 2.09. The van der Waals surface area contributed by atoms with Gasteiger partial charge in [0, 0.05) is 6.20 Å². The Kier molecular flexibility index (Phi) is 4.42. The standard InChI is InChI=1S/C11H16N2O4/c1-2-11(6-14,7-15)13-10(17)8-4-3-5-12-9(8)16/h3-5,14-15H,2,6-7H2,1H3,(H,12,16)(H,13,17). The molecule has 17 heavy (non-hydrogen) atoms. The van der Waals surface area contributed by atoms with Crippen LogP contribution >= 0.6 is 0 Å². The number of aliphatic hydroxyl groups is 2. The summed E-state index contributed by atoms with van der Waals surface area (Å²) in [6, 6.07) is 2.91. The number of nitrogens with one attached hydrogen (secondary N) is 2. The molecule has 4 N–H and O–H groups in total. The Balaban J connectivity index is 2.93. The summed E-state index contributed by atoms with van der Waals surface area (Å²) in [5, 5.41) is 20.8. The third-order valence-corrected chi connectivity index (χ3v) is 2.72. The fourth-order valence-electron chi connectivity index (χ4n) is 1.35. The molecule has 0 saturated heterocycles. The molecule has 1 rings (SSSR count). The van der Waals surface area contributed by atoms with Crippen molar-refractivity contribution in [3.8, 4) is 0 Å². The lowest BCUT2D eigenvalue weighted by molar-refractivity contribution is 0.0651. The average molecular weight is 240 g/mol. The van der Waals surface area contributed by atoms with Crippen molar-refractivity contribution in [2.24, 2.45) is 0 Å². The summed E-state index contributed by atoms with van der Waals surface area (Å²) in [6.07, 6.45) is 1.78. The van der Waals surface area contributed by atoms with Gasteiger partial charge in [0.25, 0.3) is 11.5 Å². The smallest absolute Gasteiger partial charge is 0.260 e. The summed E-state index contributed by atoms with van der Waals surface area (Å²) in [4.78, 5) is 25.6. The summed E-state index contributed by atoms with van der Waals surface area (Å²) in [5.74, 6) is -0.614. The Labute approximate surface area is 98.3 Å². The molecule has 0 atom stereocenters. The summed E-state index contributed by atoms with van der Waals surface area (Å²) < 4.78 is 0. The van der Waals surface area contributed by atoms with Crippen molar-refractivity contribution in [2.45, 2.75) is 18.9 Å². The first-order valence-corrected chi connectivity index (χ1v) is 5.30. The van der Waals surface area contributed by atoms with Crippen LogP contribution in [-0.4, -0.2) is 39.9 Å². The molecule has 1 amide bonds. The minimum absolute atomic E-state index is 0.0489. The highest BCUT2D eigenvalue weighted by molar-refractivity contribution is 5.94. The van der Waals surface area contributed by atoms with E-state index >= 15 is 0 Å². The largest absolute Gasteiger partial charge is 0.394 e. The van der Waals surface area contributed by atoms with Crippen LogP contribution in [0.15, 0.2) is 23.1 Å². The lowest BCUT2D eigenvalue weighted by Gasteiger charge is -2.29.